The van der Waals surface area contributed by atoms with E-state index < -0.39 is 0 Å². The molecule has 1 unspecified atom stereocenters. The number of rotatable bonds is 0. The standard InChI is InChI=1S/C11H12N2O/c14-10-4-1-3-9-8(10)7-13-6-2-5-11(13)12-9/h1,3-4,7,11,14H,2,5-6H2. The molecule has 0 bridgehead atoms. The molecule has 0 spiro atoms. The Bertz CT molecular complexity index is 481. The molecule has 72 valence electrons. The van der Waals surface area contributed by atoms with E-state index in [1.165, 1.54) is 6.42 Å². The van der Waals surface area contributed by atoms with Crippen molar-refractivity contribution in [3.63, 3.8) is 0 Å². The summed E-state index contributed by atoms with van der Waals surface area (Å²) in [5.74, 6) is 0.330. The predicted molar refractivity (Wildman–Crippen MR) is 53.1 cm³/mol. The Morgan fingerprint density at radius 2 is 2.36 bits per heavy atom. The molecule has 0 amide bonds. The third-order valence-corrected chi connectivity index (χ3v) is 2.90. The number of phenolic OH excluding ortho intramolecular Hbond substituents is 1. The Labute approximate surface area is 82.0 Å². The first-order valence-corrected chi connectivity index (χ1v) is 4.98. The zero-order valence-corrected chi connectivity index (χ0v) is 7.85. The SMILES string of the molecule is Oc1cccc2c1=CN1CCCC1N=2. The molecular weight excluding hydrogens is 176 g/mol. The van der Waals surface area contributed by atoms with Crippen molar-refractivity contribution in [2.45, 2.75) is 19.0 Å². The first-order chi connectivity index (χ1) is 6.84. The van der Waals surface area contributed by atoms with Crippen LogP contribution in [0.2, 0.25) is 0 Å². The molecule has 1 aromatic rings. The second-order valence-electron chi connectivity index (χ2n) is 3.83. The predicted octanol–water partition coefficient (Wildman–Crippen LogP) is 0.185. The average Bonchev–Trinajstić information content (AvgIpc) is 2.62. The molecule has 1 atom stereocenters. The van der Waals surface area contributed by atoms with E-state index in [4.69, 9.17) is 0 Å². The zero-order valence-electron chi connectivity index (χ0n) is 7.85. The number of hydrogen-bond acceptors (Lipinski definition) is 3. The van der Waals surface area contributed by atoms with Gasteiger partial charge in [-0.15, -0.1) is 0 Å². The Morgan fingerprint density at radius 3 is 3.29 bits per heavy atom. The average molecular weight is 188 g/mol. The molecular formula is C11H12N2O. The molecule has 0 aliphatic carbocycles. The number of nitrogens with zero attached hydrogens (tertiary/aromatic N) is 2. The highest BCUT2D eigenvalue weighted by Gasteiger charge is 2.23. The van der Waals surface area contributed by atoms with Crippen LogP contribution in [0.5, 0.6) is 5.75 Å². The molecule has 2 aliphatic rings. The number of fused-ring (bicyclic) bond motifs is 2. The lowest BCUT2D eigenvalue weighted by Crippen LogP contribution is -2.38. The van der Waals surface area contributed by atoms with Crippen molar-refractivity contribution in [3.05, 3.63) is 28.8 Å². The minimum absolute atomic E-state index is 0.310. The summed E-state index contributed by atoms with van der Waals surface area (Å²) in [6.07, 6.45) is 4.67. The zero-order chi connectivity index (χ0) is 9.54. The Balaban J connectivity index is 2.28. The van der Waals surface area contributed by atoms with Gasteiger partial charge in [0.2, 0.25) is 0 Å². The highest BCUT2D eigenvalue weighted by Crippen LogP contribution is 2.19. The molecule has 3 heteroatoms. The van der Waals surface area contributed by atoms with E-state index in [0.29, 0.717) is 11.9 Å². The summed E-state index contributed by atoms with van der Waals surface area (Å²) in [5.41, 5.74) is 0. The molecule has 1 N–H and O–H groups in total. The van der Waals surface area contributed by atoms with Gasteiger partial charge in [-0.3, -0.25) is 4.99 Å². The fourth-order valence-corrected chi connectivity index (χ4v) is 2.17. The molecule has 2 heterocycles. The van der Waals surface area contributed by atoms with E-state index in [9.17, 15) is 5.11 Å². The van der Waals surface area contributed by atoms with E-state index >= 15 is 0 Å². The van der Waals surface area contributed by atoms with Crippen LogP contribution in [0.25, 0.3) is 6.20 Å². The lowest BCUT2D eigenvalue weighted by Gasteiger charge is -2.22. The van der Waals surface area contributed by atoms with E-state index in [0.717, 1.165) is 23.5 Å². The smallest absolute Gasteiger partial charge is 0.126 e. The molecule has 14 heavy (non-hydrogen) atoms. The van der Waals surface area contributed by atoms with Gasteiger partial charge in [0.15, 0.2) is 0 Å². The van der Waals surface area contributed by atoms with Crippen LogP contribution in [-0.2, 0) is 0 Å². The molecule has 3 nitrogen and oxygen atoms in total. The maximum Gasteiger partial charge on any atom is 0.126 e. The number of aromatic hydroxyl groups is 1. The van der Waals surface area contributed by atoms with Crippen LogP contribution in [0.4, 0.5) is 0 Å². The molecule has 2 aliphatic heterocycles. The van der Waals surface area contributed by atoms with Gasteiger partial charge in [-0.2, -0.15) is 0 Å². The Morgan fingerprint density at radius 1 is 1.43 bits per heavy atom. The molecule has 0 aromatic heterocycles. The van der Waals surface area contributed by atoms with Crippen molar-refractivity contribution in [2.75, 3.05) is 6.54 Å². The molecule has 1 aromatic carbocycles. The maximum atomic E-state index is 9.66. The summed E-state index contributed by atoms with van der Waals surface area (Å²) >= 11 is 0. The molecule has 0 saturated carbocycles. The number of phenols is 1. The van der Waals surface area contributed by atoms with Crippen LogP contribution >= 0.6 is 0 Å². The summed E-state index contributed by atoms with van der Waals surface area (Å²) in [6.45, 7) is 1.06. The van der Waals surface area contributed by atoms with Gasteiger partial charge < -0.3 is 10.0 Å². The minimum atomic E-state index is 0.310. The molecule has 3 rings (SSSR count). The van der Waals surface area contributed by atoms with Gasteiger partial charge in [-0.1, -0.05) is 6.07 Å². The highest BCUT2D eigenvalue weighted by atomic mass is 16.3. The van der Waals surface area contributed by atoms with Crippen molar-refractivity contribution < 1.29 is 5.11 Å². The molecule has 1 fully saturated rings. The van der Waals surface area contributed by atoms with Crippen LogP contribution in [0.3, 0.4) is 0 Å². The second-order valence-corrected chi connectivity index (χ2v) is 3.83. The van der Waals surface area contributed by atoms with Crippen LogP contribution < -0.4 is 10.6 Å². The van der Waals surface area contributed by atoms with Crippen LogP contribution in [0.15, 0.2) is 23.2 Å². The summed E-state index contributed by atoms with van der Waals surface area (Å²) in [4.78, 5) is 6.81. The largest absolute Gasteiger partial charge is 0.507 e. The van der Waals surface area contributed by atoms with Crippen molar-refractivity contribution in [2.24, 2.45) is 4.99 Å². The first-order valence-electron chi connectivity index (χ1n) is 4.98. The fraction of sp³-hybridized carbons (Fsp3) is 0.364. The number of benzene rings is 1. The van der Waals surface area contributed by atoms with E-state index in [2.05, 4.69) is 9.89 Å². The minimum Gasteiger partial charge on any atom is -0.507 e. The Hall–Kier alpha value is -1.51. The quantitative estimate of drug-likeness (QED) is 0.630. The molecule has 0 radical (unpaired) electrons. The number of hydrogen-bond donors (Lipinski definition) is 1. The third-order valence-electron chi connectivity index (χ3n) is 2.90. The lowest BCUT2D eigenvalue weighted by molar-refractivity contribution is 0.375. The summed E-state index contributed by atoms with van der Waals surface area (Å²) < 4.78 is 0. The summed E-state index contributed by atoms with van der Waals surface area (Å²) in [7, 11) is 0. The van der Waals surface area contributed by atoms with Gasteiger partial charge in [-0.25, -0.2) is 0 Å². The third kappa shape index (κ3) is 1.02. The van der Waals surface area contributed by atoms with Gasteiger partial charge in [0.1, 0.15) is 11.9 Å². The topological polar surface area (TPSA) is 35.8 Å². The summed E-state index contributed by atoms with van der Waals surface area (Å²) in [6, 6.07) is 5.51. The van der Waals surface area contributed by atoms with Gasteiger partial charge in [0, 0.05) is 12.7 Å². The molecule has 1 saturated heterocycles. The first kappa shape index (κ1) is 7.85. The highest BCUT2D eigenvalue weighted by molar-refractivity contribution is 5.34. The van der Waals surface area contributed by atoms with Gasteiger partial charge >= 0.3 is 0 Å². The van der Waals surface area contributed by atoms with Gasteiger partial charge in [0.25, 0.3) is 0 Å². The van der Waals surface area contributed by atoms with E-state index in [1.54, 1.807) is 6.07 Å². The van der Waals surface area contributed by atoms with Crippen molar-refractivity contribution in [1.82, 2.24) is 4.90 Å². The summed E-state index contributed by atoms with van der Waals surface area (Å²) in [5, 5.41) is 11.4. The van der Waals surface area contributed by atoms with Gasteiger partial charge in [-0.05, 0) is 25.0 Å². The van der Waals surface area contributed by atoms with Crippen LogP contribution in [-0.4, -0.2) is 22.7 Å². The van der Waals surface area contributed by atoms with E-state index in [1.807, 2.05) is 18.3 Å². The fourth-order valence-electron chi connectivity index (χ4n) is 2.17. The van der Waals surface area contributed by atoms with Crippen LogP contribution in [0, 0.1) is 0 Å². The normalized spacial score (nSPS) is 23.4. The monoisotopic (exact) mass is 188 g/mol. The lowest BCUT2D eigenvalue weighted by atomic mass is 10.2. The Kier molecular flexibility index (Phi) is 1.54. The second kappa shape index (κ2) is 2.74. The van der Waals surface area contributed by atoms with Crippen molar-refractivity contribution in [1.29, 1.82) is 0 Å². The van der Waals surface area contributed by atoms with Gasteiger partial charge in [0.05, 0.1) is 10.6 Å². The van der Waals surface area contributed by atoms with Crippen molar-refractivity contribution in [3.8, 4) is 5.75 Å². The van der Waals surface area contributed by atoms with E-state index in [-0.39, 0.29) is 0 Å². The van der Waals surface area contributed by atoms with Crippen LogP contribution in [0.1, 0.15) is 12.8 Å². The maximum absolute atomic E-state index is 9.66. The van der Waals surface area contributed by atoms with Crippen molar-refractivity contribution >= 4 is 6.20 Å².